The number of pyridine rings is 1. The second kappa shape index (κ2) is 6.69. The van der Waals surface area contributed by atoms with Crippen molar-refractivity contribution in [2.45, 2.75) is 37.9 Å². The van der Waals surface area contributed by atoms with Crippen molar-refractivity contribution < 1.29 is 17.9 Å². The zero-order valence-corrected chi connectivity index (χ0v) is 14.4. The number of nitrogens with zero attached hydrogens (tertiary/aromatic N) is 2. The van der Waals surface area contributed by atoms with Crippen LogP contribution >= 0.6 is 15.9 Å². The molecule has 2 aliphatic rings. The van der Waals surface area contributed by atoms with E-state index in [9.17, 15) is 13.2 Å². The van der Waals surface area contributed by atoms with Crippen LogP contribution in [0, 0.1) is 5.41 Å². The van der Waals surface area contributed by atoms with E-state index in [0.717, 1.165) is 38.9 Å². The molecule has 7 heteroatoms. The summed E-state index contributed by atoms with van der Waals surface area (Å²) in [6.07, 6.45) is 0.653. The van der Waals surface area contributed by atoms with Crippen molar-refractivity contribution in [1.82, 2.24) is 9.88 Å². The number of piperidine rings is 1. The Morgan fingerprint density at radius 2 is 1.78 bits per heavy atom. The Balaban J connectivity index is 1.75. The highest BCUT2D eigenvalue weighted by molar-refractivity contribution is 9.10. The van der Waals surface area contributed by atoms with Crippen molar-refractivity contribution in [2.75, 3.05) is 26.3 Å². The number of likely N-dealkylation sites (tertiary alicyclic amines) is 1. The minimum Gasteiger partial charge on any atom is -0.381 e. The standard InChI is InChI=1S/C16H20BrF3N2O/c17-12-1-2-13(21-11-12)14(16(18,19)20)22-7-3-15(4-8-22)5-9-23-10-6-15/h1-2,11,14H,3-10H2. The summed E-state index contributed by atoms with van der Waals surface area (Å²) < 4.78 is 46.9. The van der Waals surface area contributed by atoms with E-state index in [0.29, 0.717) is 17.6 Å². The van der Waals surface area contributed by atoms with Gasteiger partial charge in [-0.05, 0) is 72.3 Å². The summed E-state index contributed by atoms with van der Waals surface area (Å²) in [5.74, 6) is 0. The minimum atomic E-state index is -4.32. The van der Waals surface area contributed by atoms with Gasteiger partial charge >= 0.3 is 6.18 Å². The molecule has 128 valence electrons. The fraction of sp³-hybridized carbons (Fsp3) is 0.688. The van der Waals surface area contributed by atoms with Gasteiger partial charge in [-0.25, -0.2) is 0 Å². The fourth-order valence-corrected chi connectivity index (χ4v) is 3.91. The van der Waals surface area contributed by atoms with Crippen LogP contribution in [0.2, 0.25) is 0 Å². The Morgan fingerprint density at radius 3 is 2.30 bits per heavy atom. The predicted molar refractivity (Wildman–Crippen MR) is 84.0 cm³/mol. The van der Waals surface area contributed by atoms with E-state index in [1.54, 1.807) is 6.07 Å². The van der Waals surface area contributed by atoms with Crippen molar-refractivity contribution in [2.24, 2.45) is 5.41 Å². The topological polar surface area (TPSA) is 25.4 Å². The van der Waals surface area contributed by atoms with E-state index in [1.807, 2.05) is 0 Å². The molecule has 1 unspecified atom stereocenters. The van der Waals surface area contributed by atoms with Crippen LogP contribution in [-0.2, 0) is 4.74 Å². The van der Waals surface area contributed by atoms with Crippen LogP contribution in [0.25, 0.3) is 0 Å². The lowest BCUT2D eigenvalue weighted by molar-refractivity contribution is -0.194. The highest BCUT2D eigenvalue weighted by Crippen LogP contribution is 2.45. The van der Waals surface area contributed by atoms with Gasteiger partial charge in [0.25, 0.3) is 0 Å². The zero-order chi connectivity index (χ0) is 16.5. The first-order valence-corrected chi connectivity index (χ1v) is 8.69. The molecular formula is C16H20BrF3N2O. The average Bonchev–Trinajstić information content (AvgIpc) is 2.51. The molecule has 0 saturated carbocycles. The van der Waals surface area contributed by atoms with Gasteiger partial charge in [0.05, 0.1) is 5.69 Å². The Labute approximate surface area is 142 Å². The molecule has 0 N–H and O–H groups in total. The lowest BCUT2D eigenvalue weighted by Crippen LogP contribution is -2.47. The molecule has 0 amide bonds. The van der Waals surface area contributed by atoms with Gasteiger partial charge < -0.3 is 4.74 Å². The van der Waals surface area contributed by atoms with E-state index in [1.165, 1.54) is 17.2 Å². The second-order valence-electron chi connectivity index (χ2n) is 6.49. The number of ether oxygens (including phenoxy) is 1. The Morgan fingerprint density at radius 1 is 1.13 bits per heavy atom. The van der Waals surface area contributed by atoms with Crippen molar-refractivity contribution in [3.63, 3.8) is 0 Å². The summed E-state index contributed by atoms with van der Waals surface area (Å²) in [5, 5.41) is 0. The van der Waals surface area contributed by atoms with Crippen molar-refractivity contribution in [3.05, 3.63) is 28.5 Å². The molecule has 3 heterocycles. The van der Waals surface area contributed by atoms with E-state index in [2.05, 4.69) is 20.9 Å². The molecule has 2 fully saturated rings. The van der Waals surface area contributed by atoms with Crippen LogP contribution in [0.4, 0.5) is 13.2 Å². The summed E-state index contributed by atoms with van der Waals surface area (Å²) in [6.45, 7) is 2.39. The third-order valence-electron chi connectivity index (χ3n) is 5.12. The molecule has 1 spiro atoms. The summed E-state index contributed by atoms with van der Waals surface area (Å²) >= 11 is 3.22. The molecule has 0 aliphatic carbocycles. The molecule has 3 nitrogen and oxygen atoms in total. The molecule has 3 rings (SSSR count). The van der Waals surface area contributed by atoms with Crippen LogP contribution in [-0.4, -0.2) is 42.4 Å². The van der Waals surface area contributed by atoms with Gasteiger partial charge in [-0.2, -0.15) is 13.2 Å². The number of alkyl halides is 3. The maximum absolute atomic E-state index is 13.6. The lowest BCUT2D eigenvalue weighted by atomic mass is 9.72. The third kappa shape index (κ3) is 3.88. The summed E-state index contributed by atoms with van der Waals surface area (Å²) in [6, 6.07) is 1.46. The number of hydrogen-bond donors (Lipinski definition) is 0. The molecule has 0 radical (unpaired) electrons. The number of rotatable bonds is 2. The van der Waals surface area contributed by atoms with Crippen LogP contribution in [0.15, 0.2) is 22.8 Å². The highest BCUT2D eigenvalue weighted by Gasteiger charge is 2.48. The van der Waals surface area contributed by atoms with Crippen molar-refractivity contribution in [1.29, 1.82) is 0 Å². The predicted octanol–water partition coefficient (Wildman–Crippen LogP) is 4.34. The van der Waals surface area contributed by atoms with E-state index in [4.69, 9.17) is 4.74 Å². The molecular weight excluding hydrogens is 373 g/mol. The van der Waals surface area contributed by atoms with Crippen LogP contribution in [0.5, 0.6) is 0 Å². The Hall–Kier alpha value is -0.660. The fourth-order valence-electron chi connectivity index (χ4n) is 3.67. The van der Waals surface area contributed by atoms with Gasteiger partial charge in [0.1, 0.15) is 6.04 Å². The maximum Gasteiger partial charge on any atom is 0.409 e. The van der Waals surface area contributed by atoms with Gasteiger partial charge in [-0.3, -0.25) is 9.88 Å². The van der Waals surface area contributed by atoms with Crippen LogP contribution in [0.1, 0.15) is 37.4 Å². The summed E-state index contributed by atoms with van der Waals surface area (Å²) in [4.78, 5) is 5.53. The highest BCUT2D eigenvalue weighted by atomic mass is 79.9. The first kappa shape index (κ1) is 17.2. The number of halogens is 4. The minimum absolute atomic E-state index is 0.0728. The van der Waals surface area contributed by atoms with E-state index in [-0.39, 0.29) is 11.1 Å². The zero-order valence-electron chi connectivity index (χ0n) is 12.8. The van der Waals surface area contributed by atoms with Gasteiger partial charge in [0.2, 0.25) is 0 Å². The molecule has 23 heavy (non-hydrogen) atoms. The Bertz CT molecular complexity index is 519. The smallest absolute Gasteiger partial charge is 0.381 e. The molecule has 1 aromatic rings. The second-order valence-corrected chi connectivity index (χ2v) is 7.41. The van der Waals surface area contributed by atoms with Crippen molar-refractivity contribution >= 4 is 15.9 Å². The average molecular weight is 393 g/mol. The SMILES string of the molecule is FC(F)(F)C(c1ccc(Br)cn1)N1CCC2(CCOCC2)CC1. The largest absolute Gasteiger partial charge is 0.409 e. The van der Waals surface area contributed by atoms with Crippen LogP contribution < -0.4 is 0 Å². The molecule has 0 aromatic carbocycles. The van der Waals surface area contributed by atoms with E-state index >= 15 is 0 Å². The molecule has 0 bridgehead atoms. The van der Waals surface area contributed by atoms with Gasteiger partial charge in [0, 0.05) is 23.9 Å². The Kier molecular flexibility index (Phi) is 4.99. The summed E-state index contributed by atoms with van der Waals surface area (Å²) in [5.41, 5.74) is 0.251. The van der Waals surface area contributed by atoms with Crippen LogP contribution in [0.3, 0.4) is 0 Å². The first-order valence-electron chi connectivity index (χ1n) is 7.90. The van der Waals surface area contributed by atoms with Crippen molar-refractivity contribution in [3.8, 4) is 0 Å². The normalized spacial score (nSPS) is 23.8. The molecule has 2 aliphatic heterocycles. The van der Waals surface area contributed by atoms with Gasteiger partial charge in [0.15, 0.2) is 0 Å². The van der Waals surface area contributed by atoms with Gasteiger partial charge in [-0.1, -0.05) is 0 Å². The monoisotopic (exact) mass is 392 g/mol. The molecule has 1 atom stereocenters. The summed E-state index contributed by atoms with van der Waals surface area (Å²) in [7, 11) is 0. The number of aromatic nitrogens is 1. The van der Waals surface area contributed by atoms with Gasteiger partial charge in [-0.15, -0.1) is 0 Å². The molecule has 2 saturated heterocycles. The van der Waals surface area contributed by atoms with E-state index < -0.39 is 12.2 Å². The maximum atomic E-state index is 13.6. The lowest BCUT2D eigenvalue weighted by Gasteiger charge is -2.46. The quantitative estimate of drug-likeness (QED) is 0.748. The molecule has 1 aromatic heterocycles. The third-order valence-corrected chi connectivity index (χ3v) is 5.59. The number of hydrogen-bond acceptors (Lipinski definition) is 3. The first-order chi connectivity index (χ1) is 10.9.